The molecule has 0 N–H and O–H groups in total. The lowest BCUT2D eigenvalue weighted by atomic mass is 10.1. The van der Waals surface area contributed by atoms with Crippen molar-refractivity contribution in [3.63, 3.8) is 0 Å². The molecule has 0 unspecified atom stereocenters. The second kappa shape index (κ2) is 4.82. The van der Waals surface area contributed by atoms with Crippen molar-refractivity contribution in [1.29, 1.82) is 0 Å². The van der Waals surface area contributed by atoms with Crippen LogP contribution in [0.1, 0.15) is 35.9 Å². The van der Waals surface area contributed by atoms with Crippen LogP contribution >= 0.6 is 31.9 Å². The maximum absolute atomic E-state index is 11.0. The molecule has 0 aliphatic carbocycles. The number of carbonyl (C=O) groups is 1. The summed E-state index contributed by atoms with van der Waals surface area (Å²) in [7, 11) is 0. The average Bonchev–Trinajstić information content (AvgIpc) is 2.29. The van der Waals surface area contributed by atoms with E-state index in [1.165, 1.54) is 0 Å². The second-order valence-corrected chi connectivity index (χ2v) is 5.73. The van der Waals surface area contributed by atoms with Crippen molar-refractivity contribution < 1.29 is 4.79 Å². The second-order valence-electron chi connectivity index (χ2n) is 4.02. The molecule has 3 nitrogen and oxygen atoms in total. The van der Waals surface area contributed by atoms with Crippen LogP contribution in [-0.4, -0.2) is 16.3 Å². The van der Waals surface area contributed by atoms with E-state index in [1.54, 1.807) is 0 Å². The summed E-state index contributed by atoms with van der Waals surface area (Å²) >= 11 is 6.84. The van der Waals surface area contributed by atoms with Gasteiger partial charge in [-0.3, -0.25) is 4.79 Å². The predicted octanol–water partition coefficient (Wildman–Crippen LogP) is 4.09. The molecule has 88 valence electrons. The zero-order valence-electron chi connectivity index (χ0n) is 9.37. The zero-order valence-corrected chi connectivity index (χ0v) is 12.5. The van der Waals surface area contributed by atoms with Crippen molar-refractivity contribution in [3.8, 4) is 0 Å². The first-order valence-corrected chi connectivity index (χ1v) is 6.73. The largest absolute Gasteiger partial charge is 0.296 e. The van der Waals surface area contributed by atoms with Gasteiger partial charge >= 0.3 is 0 Å². The Morgan fingerprint density at radius 2 is 1.65 bits per heavy atom. The molecule has 0 saturated carbocycles. The van der Waals surface area contributed by atoms with E-state index in [4.69, 9.17) is 0 Å². The number of carbonyl (C=O) groups excluding carboxylic acids is 1. The predicted molar refractivity (Wildman–Crippen MR) is 74.4 cm³/mol. The molecule has 0 saturated heterocycles. The Morgan fingerprint density at radius 3 is 2.12 bits per heavy atom. The summed E-state index contributed by atoms with van der Waals surface area (Å²) in [5.41, 5.74) is 2.66. The Labute approximate surface area is 116 Å². The third kappa shape index (κ3) is 2.40. The normalized spacial score (nSPS) is 11.1. The number of halogens is 2. The molecular weight excluding hydrogens is 348 g/mol. The number of rotatable bonds is 2. The summed E-state index contributed by atoms with van der Waals surface area (Å²) in [4.78, 5) is 19.8. The van der Waals surface area contributed by atoms with Gasteiger partial charge in [0.2, 0.25) is 0 Å². The molecule has 0 aliphatic heterocycles. The van der Waals surface area contributed by atoms with Gasteiger partial charge in [-0.1, -0.05) is 13.8 Å². The number of aromatic nitrogens is 2. The fraction of sp³-hybridized carbons (Fsp3) is 0.250. The molecule has 5 heteroatoms. The number of benzene rings is 1. The summed E-state index contributed by atoms with van der Waals surface area (Å²) in [5.74, 6) is 0.175. The Kier molecular flexibility index (Phi) is 3.58. The maximum atomic E-state index is 11.0. The van der Waals surface area contributed by atoms with E-state index in [1.807, 2.05) is 26.0 Å². The first-order chi connectivity index (χ1) is 8.02. The molecule has 0 radical (unpaired) electrons. The lowest BCUT2D eigenvalue weighted by molar-refractivity contribution is 0.111. The quantitative estimate of drug-likeness (QED) is 0.760. The minimum Gasteiger partial charge on any atom is -0.296 e. The van der Waals surface area contributed by atoms with Crippen molar-refractivity contribution in [1.82, 2.24) is 9.97 Å². The fourth-order valence-corrected chi connectivity index (χ4v) is 2.25. The molecule has 0 spiro atoms. The number of fused-ring (bicyclic) bond motifs is 1. The lowest BCUT2D eigenvalue weighted by Crippen LogP contribution is -2.03. The Hall–Kier alpha value is -0.810. The third-order valence-electron chi connectivity index (χ3n) is 2.42. The van der Waals surface area contributed by atoms with Crippen molar-refractivity contribution in [3.05, 3.63) is 32.5 Å². The molecule has 1 heterocycles. The van der Waals surface area contributed by atoms with Gasteiger partial charge in [0.05, 0.1) is 16.7 Å². The highest BCUT2D eigenvalue weighted by molar-refractivity contribution is 9.13. The smallest absolute Gasteiger partial charge is 0.170 e. The van der Waals surface area contributed by atoms with Crippen molar-refractivity contribution in [2.24, 2.45) is 0 Å². The van der Waals surface area contributed by atoms with E-state index < -0.39 is 0 Å². The summed E-state index contributed by atoms with van der Waals surface area (Å²) in [6, 6.07) is 3.75. The van der Waals surface area contributed by atoms with Crippen molar-refractivity contribution in [2.75, 3.05) is 0 Å². The molecule has 0 bridgehead atoms. The molecule has 0 fully saturated rings. The van der Waals surface area contributed by atoms with E-state index in [0.29, 0.717) is 11.2 Å². The van der Waals surface area contributed by atoms with Crippen LogP contribution in [0.5, 0.6) is 0 Å². The van der Waals surface area contributed by atoms with E-state index in [0.717, 1.165) is 26.4 Å². The van der Waals surface area contributed by atoms with E-state index in [2.05, 4.69) is 41.8 Å². The van der Waals surface area contributed by atoms with Gasteiger partial charge in [0.1, 0.15) is 5.69 Å². The average molecular weight is 358 g/mol. The molecule has 0 atom stereocenters. The van der Waals surface area contributed by atoms with Gasteiger partial charge in [0.15, 0.2) is 6.29 Å². The van der Waals surface area contributed by atoms with Gasteiger partial charge in [-0.2, -0.15) is 0 Å². The lowest BCUT2D eigenvalue weighted by Gasteiger charge is -2.09. The van der Waals surface area contributed by atoms with Crippen molar-refractivity contribution >= 4 is 49.2 Å². The molecule has 1 aromatic carbocycles. The monoisotopic (exact) mass is 356 g/mol. The number of nitrogens with zero attached hydrogens (tertiary/aromatic N) is 2. The molecule has 2 aromatic rings. The summed E-state index contributed by atoms with van der Waals surface area (Å²) in [6.45, 7) is 3.99. The Bertz CT molecular complexity index is 597. The van der Waals surface area contributed by atoms with Crippen LogP contribution in [0.2, 0.25) is 0 Å². The standard InChI is InChI=1S/C12H10Br2N2O/c1-6(2)12-11(5-17)15-9-3-7(13)8(14)4-10(9)16-12/h3-6H,1-2H3. The minimum absolute atomic E-state index is 0.175. The SMILES string of the molecule is CC(C)c1nc2cc(Br)c(Br)cc2nc1C=O. The van der Waals surface area contributed by atoms with Gasteiger partial charge < -0.3 is 0 Å². The Morgan fingerprint density at radius 1 is 1.12 bits per heavy atom. The molecular formula is C12H10Br2N2O. The number of hydrogen-bond donors (Lipinski definition) is 0. The molecule has 2 rings (SSSR count). The van der Waals surface area contributed by atoms with E-state index >= 15 is 0 Å². The number of hydrogen-bond acceptors (Lipinski definition) is 3. The third-order valence-corrected chi connectivity index (χ3v) is 4.26. The Balaban J connectivity index is 2.78. The van der Waals surface area contributed by atoms with Gasteiger partial charge in [0, 0.05) is 8.95 Å². The summed E-state index contributed by atoms with van der Waals surface area (Å²) in [6.07, 6.45) is 0.762. The molecule has 17 heavy (non-hydrogen) atoms. The van der Waals surface area contributed by atoms with E-state index in [9.17, 15) is 4.79 Å². The molecule has 1 aromatic heterocycles. The highest BCUT2D eigenvalue weighted by Crippen LogP contribution is 2.28. The van der Waals surface area contributed by atoms with Crippen LogP contribution < -0.4 is 0 Å². The van der Waals surface area contributed by atoms with Crippen molar-refractivity contribution in [2.45, 2.75) is 19.8 Å². The molecule has 0 amide bonds. The van der Waals surface area contributed by atoms with Crippen LogP contribution in [0.25, 0.3) is 11.0 Å². The highest BCUT2D eigenvalue weighted by Gasteiger charge is 2.12. The minimum atomic E-state index is 0.175. The van der Waals surface area contributed by atoms with E-state index in [-0.39, 0.29) is 5.92 Å². The summed E-state index contributed by atoms with van der Waals surface area (Å²) < 4.78 is 1.82. The first kappa shape index (κ1) is 12.6. The zero-order chi connectivity index (χ0) is 12.6. The fourth-order valence-electron chi connectivity index (χ4n) is 1.59. The highest BCUT2D eigenvalue weighted by atomic mass is 79.9. The maximum Gasteiger partial charge on any atom is 0.170 e. The van der Waals surface area contributed by atoms with Gasteiger partial charge in [-0.05, 0) is 49.9 Å². The summed E-state index contributed by atoms with van der Waals surface area (Å²) in [5, 5.41) is 0. The first-order valence-electron chi connectivity index (χ1n) is 5.14. The van der Waals surface area contributed by atoms with Gasteiger partial charge in [-0.15, -0.1) is 0 Å². The van der Waals surface area contributed by atoms with Crippen LogP contribution in [-0.2, 0) is 0 Å². The van der Waals surface area contributed by atoms with Crippen LogP contribution in [0.3, 0.4) is 0 Å². The number of aldehydes is 1. The van der Waals surface area contributed by atoms with Crippen LogP contribution in [0.15, 0.2) is 21.1 Å². The van der Waals surface area contributed by atoms with Gasteiger partial charge in [-0.25, -0.2) is 9.97 Å². The van der Waals surface area contributed by atoms with Gasteiger partial charge in [0.25, 0.3) is 0 Å². The topological polar surface area (TPSA) is 42.9 Å². The molecule has 0 aliphatic rings. The van der Waals surface area contributed by atoms with Crippen LogP contribution in [0.4, 0.5) is 0 Å². The van der Waals surface area contributed by atoms with Crippen LogP contribution in [0, 0.1) is 0 Å².